The molecule has 3 rings (SSSR count). The molecule has 0 saturated carbocycles. The number of hydrogen-bond acceptors (Lipinski definition) is 4. The van der Waals surface area contributed by atoms with Gasteiger partial charge in [-0.3, -0.25) is 4.79 Å². The van der Waals surface area contributed by atoms with Gasteiger partial charge in [0, 0.05) is 11.8 Å². The fraction of sp³-hybridized carbons (Fsp3) is 0.176. The van der Waals surface area contributed by atoms with E-state index in [1.165, 1.54) is 0 Å². The van der Waals surface area contributed by atoms with Crippen LogP contribution >= 0.6 is 0 Å². The summed E-state index contributed by atoms with van der Waals surface area (Å²) in [6, 6.07) is 9.36. The summed E-state index contributed by atoms with van der Waals surface area (Å²) in [5.41, 5.74) is 3.10. The number of pyridine rings is 1. The zero-order chi connectivity index (χ0) is 16.4. The van der Waals surface area contributed by atoms with Crippen LogP contribution in [0.4, 0.5) is 0 Å². The zero-order valence-electron chi connectivity index (χ0n) is 12.8. The van der Waals surface area contributed by atoms with Crippen LogP contribution in [-0.2, 0) is 11.2 Å². The highest BCUT2D eigenvalue weighted by Crippen LogP contribution is 2.38. The maximum atomic E-state index is 11.0. The van der Waals surface area contributed by atoms with E-state index in [1.54, 1.807) is 31.1 Å². The summed E-state index contributed by atoms with van der Waals surface area (Å²) in [7, 11) is 3.21. The predicted molar refractivity (Wildman–Crippen MR) is 85.1 cm³/mol. The molecule has 0 amide bonds. The maximum absolute atomic E-state index is 11.0. The number of benzene rings is 1. The molecule has 2 aromatic heterocycles. The van der Waals surface area contributed by atoms with Gasteiger partial charge in [0.1, 0.15) is 11.5 Å². The predicted octanol–water partition coefficient (Wildman–Crippen LogP) is 2.65. The Morgan fingerprint density at radius 3 is 2.52 bits per heavy atom. The van der Waals surface area contributed by atoms with Crippen molar-refractivity contribution in [1.82, 2.24) is 9.61 Å². The molecule has 0 atom stereocenters. The summed E-state index contributed by atoms with van der Waals surface area (Å²) in [4.78, 5) is 11.0. The Labute approximate surface area is 132 Å². The lowest BCUT2D eigenvalue weighted by atomic mass is 10.0. The van der Waals surface area contributed by atoms with Gasteiger partial charge in [-0.15, -0.1) is 0 Å². The van der Waals surface area contributed by atoms with Gasteiger partial charge in [-0.1, -0.05) is 6.07 Å². The summed E-state index contributed by atoms with van der Waals surface area (Å²) in [6.07, 6.45) is 3.30. The minimum Gasteiger partial charge on any atom is -0.496 e. The van der Waals surface area contributed by atoms with Crippen molar-refractivity contribution in [2.75, 3.05) is 14.2 Å². The SMILES string of the molecule is COc1cccc(OC)c1-c1ccn2ncc(CC(=O)O)c2c1. The highest BCUT2D eigenvalue weighted by molar-refractivity contribution is 5.81. The van der Waals surface area contributed by atoms with Crippen molar-refractivity contribution < 1.29 is 19.4 Å². The first-order chi connectivity index (χ1) is 11.1. The second-order valence-electron chi connectivity index (χ2n) is 5.02. The third-order valence-corrected chi connectivity index (χ3v) is 3.66. The van der Waals surface area contributed by atoms with Crippen molar-refractivity contribution in [2.24, 2.45) is 0 Å². The van der Waals surface area contributed by atoms with Gasteiger partial charge >= 0.3 is 5.97 Å². The summed E-state index contributed by atoms with van der Waals surface area (Å²) < 4.78 is 12.5. The molecule has 0 aliphatic carbocycles. The monoisotopic (exact) mass is 312 g/mol. The molecule has 6 nitrogen and oxygen atoms in total. The van der Waals surface area contributed by atoms with Gasteiger partial charge in [0.05, 0.1) is 37.9 Å². The van der Waals surface area contributed by atoms with Crippen LogP contribution in [0.3, 0.4) is 0 Å². The van der Waals surface area contributed by atoms with Crippen LogP contribution in [0.15, 0.2) is 42.7 Å². The molecule has 0 aliphatic heterocycles. The number of aliphatic carboxylic acids is 1. The molecule has 2 heterocycles. The van der Waals surface area contributed by atoms with Gasteiger partial charge in [0.25, 0.3) is 0 Å². The number of ether oxygens (including phenoxy) is 2. The largest absolute Gasteiger partial charge is 0.496 e. The van der Waals surface area contributed by atoms with Gasteiger partial charge in [-0.2, -0.15) is 5.10 Å². The lowest BCUT2D eigenvalue weighted by Gasteiger charge is -2.13. The van der Waals surface area contributed by atoms with E-state index in [4.69, 9.17) is 14.6 Å². The quantitative estimate of drug-likeness (QED) is 0.784. The molecule has 0 fully saturated rings. The molecule has 0 saturated heterocycles. The molecule has 0 spiro atoms. The van der Waals surface area contributed by atoms with Crippen LogP contribution in [0.5, 0.6) is 11.5 Å². The second kappa shape index (κ2) is 6.00. The number of nitrogens with zero attached hydrogens (tertiary/aromatic N) is 2. The topological polar surface area (TPSA) is 73.1 Å². The number of hydrogen-bond donors (Lipinski definition) is 1. The summed E-state index contributed by atoms with van der Waals surface area (Å²) in [5, 5.41) is 13.2. The minimum atomic E-state index is -0.889. The third-order valence-electron chi connectivity index (χ3n) is 3.66. The van der Waals surface area contributed by atoms with E-state index in [0.717, 1.165) is 16.6 Å². The average molecular weight is 312 g/mol. The highest BCUT2D eigenvalue weighted by atomic mass is 16.5. The summed E-state index contributed by atoms with van der Waals surface area (Å²) in [5.74, 6) is 0.487. The molecule has 118 valence electrons. The van der Waals surface area contributed by atoms with Gasteiger partial charge in [0.2, 0.25) is 0 Å². The van der Waals surface area contributed by atoms with Crippen LogP contribution in [0.25, 0.3) is 16.6 Å². The van der Waals surface area contributed by atoms with Crippen LogP contribution < -0.4 is 9.47 Å². The minimum absolute atomic E-state index is 0.0734. The first kappa shape index (κ1) is 14.9. The second-order valence-corrected chi connectivity index (χ2v) is 5.02. The van der Waals surface area contributed by atoms with Crippen LogP contribution in [-0.4, -0.2) is 34.9 Å². The number of carboxylic acid groups (broad SMARTS) is 1. The Morgan fingerprint density at radius 1 is 1.22 bits per heavy atom. The van der Waals surface area contributed by atoms with Gasteiger partial charge in [-0.25, -0.2) is 4.52 Å². The van der Waals surface area contributed by atoms with Crippen molar-refractivity contribution in [3.05, 3.63) is 48.3 Å². The van der Waals surface area contributed by atoms with E-state index in [1.807, 2.05) is 30.3 Å². The van der Waals surface area contributed by atoms with E-state index in [0.29, 0.717) is 17.1 Å². The highest BCUT2D eigenvalue weighted by Gasteiger charge is 2.15. The maximum Gasteiger partial charge on any atom is 0.307 e. The number of fused-ring (bicyclic) bond motifs is 1. The molecular formula is C17H16N2O4. The molecule has 6 heteroatoms. The van der Waals surface area contributed by atoms with E-state index in [-0.39, 0.29) is 6.42 Å². The Kier molecular flexibility index (Phi) is 3.89. The van der Waals surface area contributed by atoms with E-state index in [2.05, 4.69) is 5.10 Å². The summed E-state index contributed by atoms with van der Waals surface area (Å²) in [6.45, 7) is 0. The lowest BCUT2D eigenvalue weighted by molar-refractivity contribution is -0.136. The van der Waals surface area contributed by atoms with Crippen molar-refractivity contribution in [3.63, 3.8) is 0 Å². The van der Waals surface area contributed by atoms with E-state index in [9.17, 15) is 4.79 Å². The van der Waals surface area contributed by atoms with Crippen LogP contribution in [0.1, 0.15) is 5.56 Å². The Balaban J connectivity index is 2.19. The standard InChI is InChI=1S/C17H16N2O4/c1-22-14-4-3-5-15(23-2)17(14)11-6-7-19-13(8-11)12(10-18-19)9-16(20)21/h3-8,10H,9H2,1-2H3,(H,20,21). The van der Waals surface area contributed by atoms with Crippen molar-refractivity contribution in [3.8, 4) is 22.6 Å². The number of carboxylic acids is 1. The van der Waals surface area contributed by atoms with Crippen LogP contribution in [0.2, 0.25) is 0 Å². The molecule has 3 aromatic rings. The number of aromatic nitrogens is 2. The Bertz CT molecular complexity index is 848. The fourth-order valence-electron chi connectivity index (χ4n) is 2.62. The lowest BCUT2D eigenvalue weighted by Crippen LogP contribution is -2.00. The van der Waals surface area contributed by atoms with Gasteiger partial charge in [0.15, 0.2) is 0 Å². The molecule has 23 heavy (non-hydrogen) atoms. The number of carbonyl (C=O) groups is 1. The molecule has 0 radical (unpaired) electrons. The van der Waals surface area contributed by atoms with E-state index >= 15 is 0 Å². The third kappa shape index (κ3) is 2.70. The molecule has 0 unspecified atom stereocenters. The Morgan fingerprint density at radius 2 is 1.91 bits per heavy atom. The molecular weight excluding hydrogens is 296 g/mol. The van der Waals surface area contributed by atoms with Crippen LogP contribution in [0, 0.1) is 0 Å². The number of methoxy groups -OCH3 is 2. The van der Waals surface area contributed by atoms with Crippen molar-refractivity contribution in [1.29, 1.82) is 0 Å². The first-order valence-corrected chi connectivity index (χ1v) is 7.03. The molecule has 0 bridgehead atoms. The normalized spacial score (nSPS) is 10.7. The molecule has 1 aromatic carbocycles. The van der Waals surface area contributed by atoms with E-state index < -0.39 is 5.97 Å². The Hall–Kier alpha value is -3.02. The van der Waals surface area contributed by atoms with Gasteiger partial charge < -0.3 is 14.6 Å². The fourth-order valence-corrected chi connectivity index (χ4v) is 2.62. The zero-order valence-corrected chi connectivity index (χ0v) is 12.8. The van der Waals surface area contributed by atoms with Crippen molar-refractivity contribution >= 4 is 11.5 Å². The molecule has 0 aliphatic rings. The first-order valence-electron chi connectivity index (χ1n) is 7.03. The van der Waals surface area contributed by atoms with Crippen molar-refractivity contribution in [2.45, 2.75) is 6.42 Å². The van der Waals surface area contributed by atoms with Gasteiger partial charge in [-0.05, 0) is 29.8 Å². The average Bonchev–Trinajstić information content (AvgIpc) is 2.95. The smallest absolute Gasteiger partial charge is 0.307 e. The molecule has 1 N–H and O–H groups in total. The number of rotatable bonds is 5. The summed E-state index contributed by atoms with van der Waals surface area (Å²) >= 11 is 0.